The van der Waals surface area contributed by atoms with Crippen LogP contribution in [0.3, 0.4) is 0 Å². The van der Waals surface area contributed by atoms with Crippen molar-refractivity contribution in [2.45, 2.75) is 111 Å². The largest absolute Gasteiger partial charge is 0.393 e. The maximum Gasteiger partial charge on any atom is 0.0543 e. The summed E-state index contributed by atoms with van der Waals surface area (Å²) in [6.07, 6.45) is 14.5. The van der Waals surface area contributed by atoms with E-state index >= 15 is 0 Å². The van der Waals surface area contributed by atoms with Gasteiger partial charge in [-0.2, -0.15) is 0 Å². The molecule has 4 saturated carbocycles. The first-order chi connectivity index (χ1) is 13.7. The fraction of sp³-hybridized carbons (Fsp3) is 0.963. The molecule has 0 amide bonds. The highest BCUT2D eigenvalue weighted by Gasteiger charge is 2.60. The molecule has 0 aliphatic heterocycles. The molecule has 4 rings (SSSR count). The fourth-order valence-corrected chi connectivity index (χ4v) is 9.14. The van der Waals surface area contributed by atoms with E-state index in [1.54, 1.807) is 0 Å². The van der Waals surface area contributed by atoms with E-state index in [0.717, 1.165) is 54.1 Å². The zero-order valence-electron chi connectivity index (χ0n) is 19.8. The number of fused-ring (bicyclic) bond motifs is 5. The lowest BCUT2D eigenvalue weighted by molar-refractivity contribution is -0.129. The van der Waals surface area contributed by atoms with Crippen LogP contribution in [-0.2, 0) is 0 Å². The van der Waals surface area contributed by atoms with Gasteiger partial charge in [-0.1, -0.05) is 27.7 Å². The first-order valence-electron chi connectivity index (χ1n) is 12.9. The monoisotopic (exact) mass is 401 g/mol. The molecule has 0 aromatic carbocycles. The second kappa shape index (κ2) is 7.95. The molecule has 4 aliphatic carbocycles. The van der Waals surface area contributed by atoms with Gasteiger partial charge < -0.3 is 10.5 Å². The van der Waals surface area contributed by atoms with Gasteiger partial charge in [0.1, 0.15) is 0 Å². The van der Waals surface area contributed by atoms with Crippen molar-refractivity contribution >= 4 is 5.71 Å². The molecule has 0 bridgehead atoms. The van der Waals surface area contributed by atoms with Crippen molar-refractivity contribution in [2.75, 3.05) is 0 Å². The van der Waals surface area contributed by atoms with Gasteiger partial charge in [-0.3, -0.25) is 0 Å². The molecule has 0 heterocycles. The van der Waals surface area contributed by atoms with E-state index in [2.05, 4.69) is 27.7 Å². The summed E-state index contributed by atoms with van der Waals surface area (Å²) in [5, 5.41) is 18.2. The Morgan fingerprint density at radius 3 is 2.34 bits per heavy atom. The van der Waals surface area contributed by atoms with Crippen LogP contribution in [0.15, 0.2) is 0 Å². The van der Waals surface area contributed by atoms with Crippen LogP contribution in [0.4, 0.5) is 0 Å². The second-order valence-electron chi connectivity index (χ2n) is 12.5. The minimum atomic E-state index is -0.0258. The van der Waals surface area contributed by atoms with E-state index in [4.69, 9.17) is 5.41 Å². The first kappa shape index (κ1) is 21.8. The quantitative estimate of drug-likeness (QED) is 0.474. The normalized spacial score (nSPS) is 48.9. The zero-order chi connectivity index (χ0) is 21.0. The molecule has 0 spiro atoms. The minimum absolute atomic E-state index is 0.0258. The van der Waals surface area contributed by atoms with E-state index < -0.39 is 0 Å². The summed E-state index contributed by atoms with van der Waals surface area (Å²) in [7, 11) is 0. The molecule has 4 fully saturated rings. The van der Waals surface area contributed by atoms with Gasteiger partial charge in [0.05, 0.1) is 6.10 Å². The highest BCUT2D eigenvalue weighted by atomic mass is 16.3. The van der Waals surface area contributed by atoms with Gasteiger partial charge in [-0.15, -0.1) is 0 Å². The third kappa shape index (κ3) is 3.64. The summed E-state index contributed by atoms with van der Waals surface area (Å²) in [5.41, 5.74) is 1.92. The second-order valence-corrected chi connectivity index (χ2v) is 12.5. The smallest absolute Gasteiger partial charge is 0.0543 e. The summed E-state index contributed by atoms with van der Waals surface area (Å²) in [4.78, 5) is 0. The minimum Gasteiger partial charge on any atom is -0.393 e. The summed E-state index contributed by atoms with van der Waals surface area (Å²) in [6.45, 7) is 12.0. The lowest BCUT2D eigenvalue weighted by Crippen LogP contribution is -2.54. The van der Waals surface area contributed by atoms with Gasteiger partial charge in [-0.25, -0.2) is 0 Å². The SMILES string of the molecule is CC(=N)C(C)CC[C@@H](C)[C@H]1CC[C@H]2[C@@H]3CCC4CC(O)CC[C@]4(C)[C@H]3CC[C@]12C. The number of hydrogen-bond donors (Lipinski definition) is 2. The van der Waals surface area contributed by atoms with Gasteiger partial charge in [0.15, 0.2) is 0 Å². The van der Waals surface area contributed by atoms with Crippen LogP contribution in [0.2, 0.25) is 0 Å². The average Bonchev–Trinajstić information content (AvgIpc) is 3.03. The standard InChI is InChI=1S/C27H47NO/c1-17(19(3)28)6-7-18(2)23-10-11-24-22-9-8-20-16-21(29)12-14-26(20,4)25(22)13-15-27(23,24)5/h17-18,20-25,28-29H,6-16H2,1-5H3/t17?,18-,20?,21?,22+,23-,24+,25+,26+,27-/m1/s1. The predicted octanol–water partition coefficient (Wildman–Crippen LogP) is 7.10. The van der Waals surface area contributed by atoms with Crippen molar-refractivity contribution < 1.29 is 5.11 Å². The van der Waals surface area contributed by atoms with Crippen LogP contribution in [0, 0.1) is 57.7 Å². The third-order valence-corrected chi connectivity index (χ3v) is 11.2. The summed E-state index contributed by atoms with van der Waals surface area (Å²) in [6, 6.07) is 0. The van der Waals surface area contributed by atoms with Crippen LogP contribution in [-0.4, -0.2) is 16.9 Å². The van der Waals surface area contributed by atoms with Crippen molar-refractivity contribution in [1.29, 1.82) is 5.41 Å². The highest BCUT2D eigenvalue weighted by molar-refractivity contribution is 5.80. The van der Waals surface area contributed by atoms with Crippen LogP contribution < -0.4 is 0 Å². The van der Waals surface area contributed by atoms with E-state index in [1.165, 1.54) is 57.8 Å². The van der Waals surface area contributed by atoms with Crippen LogP contribution in [0.1, 0.15) is 105 Å². The number of hydrogen-bond acceptors (Lipinski definition) is 2. The summed E-state index contributed by atoms with van der Waals surface area (Å²) >= 11 is 0. The number of rotatable bonds is 5. The third-order valence-electron chi connectivity index (χ3n) is 11.2. The van der Waals surface area contributed by atoms with Gasteiger partial charge >= 0.3 is 0 Å². The molecule has 0 aromatic rings. The van der Waals surface area contributed by atoms with Crippen molar-refractivity contribution in [3.05, 3.63) is 0 Å². The Morgan fingerprint density at radius 1 is 0.931 bits per heavy atom. The Morgan fingerprint density at radius 2 is 1.62 bits per heavy atom. The zero-order valence-corrected chi connectivity index (χ0v) is 19.8. The fourth-order valence-electron chi connectivity index (χ4n) is 9.14. The van der Waals surface area contributed by atoms with Crippen molar-refractivity contribution in [3.63, 3.8) is 0 Å². The molecular formula is C27H47NO. The summed E-state index contributed by atoms with van der Waals surface area (Å²) < 4.78 is 0. The Bertz CT molecular complexity index is 616. The maximum absolute atomic E-state index is 10.3. The Hall–Kier alpha value is -0.370. The number of nitrogens with one attached hydrogen (secondary N) is 1. The Labute approximate surface area is 180 Å². The van der Waals surface area contributed by atoms with Gasteiger partial charge in [0.2, 0.25) is 0 Å². The number of aliphatic hydroxyl groups is 1. The van der Waals surface area contributed by atoms with Crippen LogP contribution in [0.5, 0.6) is 0 Å². The molecule has 2 N–H and O–H groups in total. The molecule has 0 radical (unpaired) electrons. The molecule has 2 nitrogen and oxygen atoms in total. The Kier molecular flexibility index (Phi) is 5.99. The Balaban J connectivity index is 1.46. The van der Waals surface area contributed by atoms with E-state index in [1.807, 2.05) is 6.92 Å². The molecule has 0 aromatic heterocycles. The molecular weight excluding hydrogens is 354 g/mol. The van der Waals surface area contributed by atoms with Crippen molar-refractivity contribution in [2.24, 2.45) is 52.3 Å². The van der Waals surface area contributed by atoms with E-state index in [0.29, 0.717) is 16.7 Å². The molecule has 4 aliphatic rings. The topological polar surface area (TPSA) is 44.1 Å². The molecule has 166 valence electrons. The van der Waals surface area contributed by atoms with Crippen molar-refractivity contribution in [3.8, 4) is 0 Å². The molecule has 10 atom stereocenters. The van der Waals surface area contributed by atoms with Crippen LogP contribution >= 0.6 is 0 Å². The molecule has 2 heteroatoms. The van der Waals surface area contributed by atoms with Gasteiger partial charge in [0, 0.05) is 5.71 Å². The summed E-state index contributed by atoms with van der Waals surface area (Å²) in [5.74, 6) is 5.74. The lowest BCUT2D eigenvalue weighted by atomic mass is 9.44. The maximum atomic E-state index is 10.3. The van der Waals surface area contributed by atoms with E-state index in [9.17, 15) is 5.11 Å². The average molecular weight is 402 g/mol. The lowest BCUT2D eigenvalue weighted by Gasteiger charge is -2.61. The van der Waals surface area contributed by atoms with Crippen molar-refractivity contribution in [1.82, 2.24) is 0 Å². The van der Waals surface area contributed by atoms with E-state index in [-0.39, 0.29) is 6.10 Å². The van der Waals surface area contributed by atoms with Gasteiger partial charge in [0.25, 0.3) is 0 Å². The first-order valence-corrected chi connectivity index (χ1v) is 12.9. The van der Waals surface area contributed by atoms with Gasteiger partial charge in [-0.05, 0) is 130 Å². The number of aliphatic hydroxyl groups excluding tert-OH is 1. The molecule has 3 unspecified atom stereocenters. The molecule has 29 heavy (non-hydrogen) atoms. The molecule has 0 saturated heterocycles. The predicted molar refractivity (Wildman–Crippen MR) is 122 cm³/mol. The highest BCUT2D eigenvalue weighted by Crippen LogP contribution is 2.68. The van der Waals surface area contributed by atoms with Crippen LogP contribution in [0.25, 0.3) is 0 Å².